The first-order chi connectivity index (χ1) is 12.5. The maximum Gasteiger partial charge on any atom is 0.214 e. The van der Waals surface area contributed by atoms with Gasteiger partial charge in [0, 0.05) is 55.1 Å². The summed E-state index contributed by atoms with van der Waals surface area (Å²) in [4.78, 5) is 7.78. The summed E-state index contributed by atoms with van der Waals surface area (Å²) in [6.07, 6.45) is 5.58. The van der Waals surface area contributed by atoms with E-state index in [4.69, 9.17) is 4.74 Å². The van der Waals surface area contributed by atoms with E-state index in [-0.39, 0.29) is 17.7 Å². The molecule has 3 heterocycles. The average Bonchev–Trinajstić information content (AvgIpc) is 3.33. The van der Waals surface area contributed by atoms with E-state index >= 15 is 0 Å². The number of benzene rings is 1. The molecule has 0 spiro atoms. The van der Waals surface area contributed by atoms with Crippen LogP contribution in [0.15, 0.2) is 42.9 Å². The topological polar surface area (TPSA) is 80.2 Å². The third-order valence-electron chi connectivity index (χ3n) is 5.01. The Labute approximate surface area is 152 Å². The standard InChI is InChI=1S/C18H22N4O3S/c1-21(2)26(23,24)12-13-10-25-11-17(13)22-9-8-20-18(22)15-4-3-5-16-14(15)6-7-19-16/h3-9,13,17,19H,10-12H2,1-2H3/t13-,17+/m0/s1. The molecule has 0 radical (unpaired) electrons. The maximum atomic E-state index is 12.3. The van der Waals surface area contributed by atoms with Crippen molar-refractivity contribution in [3.63, 3.8) is 0 Å². The number of nitrogens with one attached hydrogen (secondary N) is 1. The van der Waals surface area contributed by atoms with Gasteiger partial charge in [0.15, 0.2) is 0 Å². The Morgan fingerprint density at radius 1 is 1.31 bits per heavy atom. The molecule has 1 aliphatic heterocycles. The average molecular weight is 374 g/mol. The van der Waals surface area contributed by atoms with E-state index in [1.165, 1.54) is 4.31 Å². The zero-order valence-electron chi connectivity index (χ0n) is 14.8. The Balaban J connectivity index is 1.71. The molecule has 1 fully saturated rings. The van der Waals surface area contributed by atoms with Crippen LogP contribution in [0.25, 0.3) is 22.3 Å². The third kappa shape index (κ3) is 2.94. The van der Waals surface area contributed by atoms with Crippen molar-refractivity contribution < 1.29 is 13.2 Å². The van der Waals surface area contributed by atoms with E-state index in [1.807, 2.05) is 36.7 Å². The Hall–Kier alpha value is -2.16. The highest BCUT2D eigenvalue weighted by atomic mass is 32.2. The van der Waals surface area contributed by atoms with Crippen molar-refractivity contribution in [3.05, 3.63) is 42.9 Å². The predicted molar refractivity (Wildman–Crippen MR) is 100 cm³/mol. The van der Waals surface area contributed by atoms with Gasteiger partial charge in [0.1, 0.15) is 5.82 Å². The Bertz CT molecular complexity index is 1020. The van der Waals surface area contributed by atoms with Crippen molar-refractivity contribution >= 4 is 20.9 Å². The molecular weight excluding hydrogens is 352 g/mol. The number of aromatic amines is 1. The van der Waals surface area contributed by atoms with Crippen molar-refractivity contribution in [2.45, 2.75) is 6.04 Å². The molecule has 1 N–H and O–H groups in total. The van der Waals surface area contributed by atoms with Crippen LogP contribution < -0.4 is 0 Å². The second kappa shape index (κ2) is 6.53. The fourth-order valence-corrected chi connectivity index (χ4v) is 4.70. The summed E-state index contributed by atoms with van der Waals surface area (Å²) in [5.74, 6) is 0.787. The largest absolute Gasteiger partial charge is 0.379 e. The number of H-pyrrole nitrogens is 1. The van der Waals surface area contributed by atoms with Crippen LogP contribution in [-0.4, -0.2) is 60.3 Å². The van der Waals surface area contributed by atoms with Crippen LogP contribution in [-0.2, 0) is 14.8 Å². The lowest BCUT2D eigenvalue weighted by Gasteiger charge is -2.22. The number of imidazole rings is 1. The number of fused-ring (bicyclic) bond motifs is 1. The third-order valence-corrected chi connectivity index (χ3v) is 6.97. The van der Waals surface area contributed by atoms with Gasteiger partial charge in [0.05, 0.1) is 25.0 Å². The Kier molecular flexibility index (Phi) is 4.34. The van der Waals surface area contributed by atoms with E-state index in [9.17, 15) is 8.42 Å². The SMILES string of the molecule is CN(C)S(=O)(=O)C[C@@H]1COC[C@H]1n1ccnc1-c1cccc2[nH]ccc12. The molecule has 2 aromatic heterocycles. The first kappa shape index (κ1) is 17.3. The zero-order chi connectivity index (χ0) is 18.3. The molecule has 0 bridgehead atoms. The maximum absolute atomic E-state index is 12.3. The fraction of sp³-hybridized carbons (Fsp3) is 0.389. The number of ether oxygens (including phenoxy) is 1. The molecule has 8 heteroatoms. The van der Waals surface area contributed by atoms with Gasteiger partial charge < -0.3 is 14.3 Å². The quantitative estimate of drug-likeness (QED) is 0.742. The lowest BCUT2D eigenvalue weighted by molar-refractivity contribution is 0.182. The minimum Gasteiger partial charge on any atom is -0.379 e. The number of sulfonamides is 1. The molecule has 26 heavy (non-hydrogen) atoms. The molecule has 1 aliphatic rings. The van der Waals surface area contributed by atoms with Crippen LogP contribution in [0.2, 0.25) is 0 Å². The lowest BCUT2D eigenvalue weighted by Crippen LogP contribution is -2.32. The number of hydrogen-bond donors (Lipinski definition) is 1. The van der Waals surface area contributed by atoms with Crippen molar-refractivity contribution in [1.29, 1.82) is 0 Å². The summed E-state index contributed by atoms with van der Waals surface area (Å²) in [5, 5.41) is 1.09. The number of hydrogen-bond acceptors (Lipinski definition) is 4. The molecule has 0 saturated carbocycles. The summed E-state index contributed by atoms with van der Waals surface area (Å²) >= 11 is 0. The molecular formula is C18H22N4O3S. The fourth-order valence-electron chi connectivity index (χ4n) is 3.54. The van der Waals surface area contributed by atoms with Crippen molar-refractivity contribution in [3.8, 4) is 11.4 Å². The van der Waals surface area contributed by atoms with E-state index in [2.05, 4.69) is 14.5 Å². The van der Waals surface area contributed by atoms with Gasteiger partial charge in [-0.05, 0) is 12.1 Å². The molecule has 0 amide bonds. The molecule has 138 valence electrons. The predicted octanol–water partition coefficient (Wildman–Crippen LogP) is 2.11. The van der Waals surface area contributed by atoms with Crippen LogP contribution in [0.4, 0.5) is 0 Å². The summed E-state index contributed by atoms with van der Waals surface area (Å²) in [6.45, 7) is 0.920. The smallest absolute Gasteiger partial charge is 0.214 e. The number of rotatable bonds is 5. The second-order valence-corrected chi connectivity index (χ2v) is 9.06. The van der Waals surface area contributed by atoms with Crippen molar-refractivity contribution in [2.75, 3.05) is 33.1 Å². The summed E-state index contributed by atoms with van der Waals surface area (Å²) in [6, 6.07) is 8.03. The molecule has 7 nitrogen and oxygen atoms in total. The summed E-state index contributed by atoms with van der Waals surface area (Å²) in [5.41, 5.74) is 2.07. The van der Waals surface area contributed by atoms with E-state index in [0.717, 1.165) is 22.3 Å². The van der Waals surface area contributed by atoms with Gasteiger partial charge >= 0.3 is 0 Å². The molecule has 2 atom stereocenters. The number of nitrogens with zero attached hydrogens (tertiary/aromatic N) is 3. The Morgan fingerprint density at radius 3 is 2.96 bits per heavy atom. The van der Waals surface area contributed by atoms with Gasteiger partial charge in [-0.15, -0.1) is 0 Å². The lowest BCUT2D eigenvalue weighted by atomic mass is 10.0. The van der Waals surface area contributed by atoms with Crippen LogP contribution in [0.5, 0.6) is 0 Å². The first-order valence-corrected chi connectivity index (χ1v) is 10.2. The van der Waals surface area contributed by atoms with Crippen LogP contribution in [0.1, 0.15) is 6.04 Å². The van der Waals surface area contributed by atoms with Gasteiger partial charge in [0.2, 0.25) is 10.0 Å². The highest BCUT2D eigenvalue weighted by Crippen LogP contribution is 2.34. The summed E-state index contributed by atoms with van der Waals surface area (Å²) < 4.78 is 33.7. The van der Waals surface area contributed by atoms with Gasteiger partial charge in [-0.25, -0.2) is 17.7 Å². The zero-order valence-corrected chi connectivity index (χ0v) is 15.6. The van der Waals surface area contributed by atoms with Gasteiger partial charge in [-0.1, -0.05) is 12.1 Å². The highest BCUT2D eigenvalue weighted by molar-refractivity contribution is 7.89. The Morgan fingerprint density at radius 2 is 2.15 bits per heavy atom. The highest BCUT2D eigenvalue weighted by Gasteiger charge is 2.35. The minimum atomic E-state index is -3.29. The second-order valence-electron chi connectivity index (χ2n) is 6.83. The molecule has 0 unspecified atom stereocenters. The minimum absolute atomic E-state index is 0.0589. The van der Waals surface area contributed by atoms with Crippen LogP contribution in [0, 0.1) is 5.92 Å². The van der Waals surface area contributed by atoms with Crippen molar-refractivity contribution in [2.24, 2.45) is 5.92 Å². The van der Waals surface area contributed by atoms with E-state index < -0.39 is 10.0 Å². The molecule has 0 aliphatic carbocycles. The monoisotopic (exact) mass is 374 g/mol. The van der Waals surface area contributed by atoms with Crippen LogP contribution in [0.3, 0.4) is 0 Å². The molecule has 1 saturated heterocycles. The number of aromatic nitrogens is 3. The van der Waals surface area contributed by atoms with Crippen molar-refractivity contribution in [1.82, 2.24) is 18.8 Å². The van der Waals surface area contributed by atoms with Gasteiger partial charge in [-0.3, -0.25) is 0 Å². The molecule has 3 aromatic rings. The summed E-state index contributed by atoms with van der Waals surface area (Å²) in [7, 11) is -0.164. The normalized spacial score (nSPS) is 21.0. The van der Waals surface area contributed by atoms with Crippen LogP contribution >= 0.6 is 0 Å². The first-order valence-electron chi connectivity index (χ1n) is 8.54. The van der Waals surface area contributed by atoms with E-state index in [0.29, 0.717) is 13.2 Å². The molecule has 1 aromatic carbocycles. The van der Waals surface area contributed by atoms with Gasteiger partial charge in [-0.2, -0.15) is 0 Å². The molecule has 4 rings (SSSR count). The van der Waals surface area contributed by atoms with Gasteiger partial charge in [0.25, 0.3) is 0 Å². The van der Waals surface area contributed by atoms with E-state index in [1.54, 1.807) is 20.3 Å².